The fraction of sp³-hybridized carbons (Fsp3) is 0.276. The Morgan fingerprint density at radius 2 is 1.11 bits per heavy atom. The highest BCUT2D eigenvalue weighted by atomic mass is 16.3. The van der Waals surface area contributed by atoms with Gasteiger partial charge in [-0.3, -0.25) is 9.55 Å². The zero-order valence-corrected chi connectivity index (χ0v) is 38.4. The van der Waals surface area contributed by atoms with Crippen LogP contribution in [0.5, 0.6) is 5.75 Å². The lowest BCUT2D eigenvalue weighted by atomic mass is 9.79. The minimum atomic E-state index is -0.621. The van der Waals surface area contributed by atoms with Gasteiger partial charge in [-0.15, -0.1) is 0 Å². The van der Waals surface area contributed by atoms with E-state index in [2.05, 4.69) is 131 Å². The van der Waals surface area contributed by atoms with Crippen molar-refractivity contribution in [2.24, 2.45) is 0 Å². The molecule has 0 fully saturated rings. The quantitative estimate of drug-likeness (QED) is 0.182. The zero-order chi connectivity index (χ0) is 47.0. The van der Waals surface area contributed by atoms with E-state index in [1.807, 2.05) is 77.9 Å². The van der Waals surface area contributed by atoms with Gasteiger partial charge >= 0.3 is 0 Å². The summed E-state index contributed by atoms with van der Waals surface area (Å²) in [5, 5.41) is 12.6. The standard InChI is InChI=1S/C58H61N3O/c1-55(2,3)42-26-27-50(46(34-42)38-22-17-14-18-23-38)61-51-25-19-24-45(52(51)60-54(61)47-35-44(57(7,8)9)36-48(53(47)62)58(10,11)12)40-30-41(32-43(31-40)56(4,5)6)49-33-39(28-29-59-49)37-20-15-13-16-21-37/h13-36,62H,1-12H3/i29D,35D,36D. The van der Waals surface area contributed by atoms with Crippen LogP contribution in [0.1, 0.15) is 109 Å². The van der Waals surface area contributed by atoms with Crippen LogP contribution in [0.4, 0.5) is 0 Å². The number of phenols is 1. The lowest BCUT2D eigenvalue weighted by Gasteiger charge is -2.28. The molecule has 2 aromatic heterocycles. The minimum absolute atomic E-state index is 0.0891. The van der Waals surface area contributed by atoms with Gasteiger partial charge in [-0.1, -0.05) is 174 Å². The number of phenolic OH excluding ortho intramolecular Hbond substituents is 1. The van der Waals surface area contributed by atoms with Crippen molar-refractivity contribution >= 4 is 11.0 Å². The average Bonchev–Trinajstić information content (AvgIpc) is 3.61. The van der Waals surface area contributed by atoms with Crippen LogP contribution >= 0.6 is 0 Å². The first-order valence-electron chi connectivity index (χ1n) is 23.2. The van der Waals surface area contributed by atoms with Crippen LogP contribution in [0.3, 0.4) is 0 Å². The van der Waals surface area contributed by atoms with E-state index < -0.39 is 10.8 Å². The van der Waals surface area contributed by atoms with Gasteiger partial charge in [0.25, 0.3) is 0 Å². The van der Waals surface area contributed by atoms with Gasteiger partial charge in [0.1, 0.15) is 11.6 Å². The summed E-state index contributed by atoms with van der Waals surface area (Å²) in [4.78, 5) is 10.4. The number of imidazole rings is 1. The van der Waals surface area contributed by atoms with Gasteiger partial charge in [0.05, 0.1) is 32.1 Å². The maximum Gasteiger partial charge on any atom is 0.149 e. The van der Waals surface area contributed by atoms with Crippen molar-refractivity contribution in [2.75, 3.05) is 0 Å². The number of aromatic nitrogens is 3. The van der Waals surface area contributed by atoms with E-state index in [9.17, 15) is 7.85 Å². The Bertz CT molecular complexity index is 3060. The minimum Gasteiger partial charge on any atom is -0.507 e. The van der Waals surface area contributed by atoms with E-state index in [-0.39, 0.29) is 34.8 Å². The van der Waals surface area contributed by atoms with E-state index in [1.165, 1.54) is 5.56 Å². The molecule has 0 aliphatic heterocycles. The molecule has 4 heteroatoms. The Kier molecular flexibility index (Phi) is 9.71. The van der Waals surface area contributed by atoms with Gasteiger partial charge in [-0.25, -0.2) is 4.98 Å². The van der Waals surface area contributed by atoms with Crippen molar-refractivity contribution in [3.05, 3.63) is 168 Å². The van der Waals surface area contributed by atoms with E-state index >= 15 is 0 Å². The number of pyridine rings is 1. The molecule has 6 aromatic carbocycles. The fourth-order valence-corrected chi connectivity index (χ4v) is 8.10. The second kappa shape index (κ2) is 15.6. The molecule has 0 amide bonds. The molecule has 314 valence electrons. The molecule has 0 saturated heterocycles. The van der Waals surface area contributed by atoms with Gasteiger partial charge in [0.2, 0.25) is 0 Å². The molecule has 0 aliphatic carbocycles. The van der Waals surface area contributed by atoms with Crippen molar-refractivity contribution in [3.8, 4) is 67.5 Å². The Balaban J connectivity index is 1.51. The van der Waals surface area contributed by atoms with Crippen molar-refractivity contribution in [1.29, 1.82) is 0 Å². The Labute approximate surface area is 373 Å². The van der Waals surface area contributed by atoms with Crippen LogP contribution in [0, 0.1) is 0 Å². The molecule has 0 atom stereocenters. The largest absolute Gasteiger partial charge is 0.507 e. The monoisotopic (exact) mass is 819 g/mol. The average molecular weight is 819 g/mol. The smallest absolute Gasteiger partial charge is 0.149 e. The summed E-state index contributed by atoms with van der Waals surface area (Å²) in [5.41, 5.74) is 11.8. The highest BCUT2D eigenvalue weighted by molar-refractivity contribution is 5.98. The number of benzene rings is 6. The molecule has 8 aromatic rings. The Hall–Kier alpha value is -6.26. The first-order chi connectivity index (χ1) is 30.4. The summed E-state index contributed by atoms with van der Waals surface area (Å²) in [6.07, 6.45) is 0.190. The molecule has 4 nitrogen and oxygen atoms in total. The summed E-state index contributed by atoms with van der Waals surface area (Å²) in [5.74, 6) is 0.327. The maximum atomic E-state index is 12.6. The normalized spacial score (nSPS) is 13.3. The van der Waals surface area contributed by atoms with Crippen LogP contribution in [-0.2, 0) is 21.7 Å². The van der Waals surface area contributed by atoms with Crippen molar-refractivity contribution in [2.45, 2.75) is 105 Å². The Morgan fingerprint density at radius 3 is 1.74 bits per heavy atom. The van der Waals surface area contributed by atoms with Crippen LogP contribution in [0.25, 0.3) is 72.7 Å². The number of nitrogens with zero attached hydrogens (tertiary/aromatic N) is 3. The van der Waals surface area contributed by atoms with E-state index in [4.69, 9.17) is 11.3 Å². The molecule has 8 rings (SSSR count). The SMILES string of the molecule is [2H]c1cc(-c2ccccc2)cc(-c2cc(-c3cccc4c3nc(-c3c([2H])c(C(C)(C)C)c([2H])c(C(C)(C)C)c3O)n4-c3ccc(C(C)(C)C)cc3-c3ccccc3)cc(C(C)(C)C)c2)n1. The summed E-state index contributed by atoms with van der Waals surface area (Å²) in [6, 6.07) is 44.0. The molecular weight excluding hydrogens is 755 g/mol. The highest BCUT2D eigenvalue weighted by Gasteiger charge is 2.30. The molecule has 0 bridgehead atoms. The lowest BCUT2D eigenvalue weighted by Crippen LogP contribution is -2.17. The highest BCUT2D eigenvalue weighted by Crippen LogP contribution is 2.46. The maximum absolute atomic E-state index is 12.6. The third-order valence-corrected chi connectivity index (χ3v) is 11.8. The van der Waals surface area contributed by atoms with Gasteiger partial charge < -0.3 is 5.11 Å². The molecule has 0 spiro atoms. The van der Waals surface area contributed by atoms with Crippen LogP contribution in [0.15, 0.2) is 146 Å². The molecule has 0 radical (unpaired) electrons. The molecule has 0 unspecified atom stereocenters. The van der Waals surface area contributed by atoms with Gasteiger partial charge in [-0.2, -0.15) is 0 Å². The fourth-order valence-electron chi connectivity index (χ4n) is 8.10. The number of para-hydroxylation sites is 1. The van der Waals surface area contributed by atoms with E-state index in [0.29, 0.717) is 33.7 Å². The van der Waals surface area contributed by atoms with Crippen molar-refractivity contribution in [1.82, 2.24) is 14.5 Å². The molecule has 62 heavy (non-hydrogen) atoms. The molecule has 2 heterocycles. The van der Waals surface area contributed by atoms with E-state index in [1.54, 1.807) is 6.07 Å². The third-order valence-electron chi connectivity index (χ3n) is 11.8. The first kappa shape index (κ1) is 38.6. The summed E-state index contributed by atoms with van der Waals surface area (Å²) in [7, 11) is 0. The predicted octanol–water partition coefficient (Wildman–Crippen LogP) is 15.7. The summed E-state index contributed by atoms with van der Waals surface area (Å²) < 4.78 is 30.4. The molecule has 0 saturated carbocycles. The number of hydrogen-bond acceptors (Lipinski definition) is 3. The molecular formula is C58H61N3O. The van der Waals surface area contributed by atoms with Gasteiger partial charge in [0, 0.05) is 28.4 Å². The first-order valence-corrected chi connectivity index (χ1v) is 21.7. The second-order valence-electron chi connectivity index (χ2n) is 20.8. The van der Waals surface area contributed by atoms with Crippen molar-refractivity contribution < 1.29 is 9.22 Å². The van der Waals surface area contributed by atoms with Crippen LogP contribution in [0.2, 0.25) is 0 Å². The Morgan fingerprint density at radius 1 is 0.484 bits per heavy atom. The molecule has 1 N–H and O–H groups in total. The van der Waals surface area contributed by atoms with Crippen molar-refractivity contribution in [3.63, 3.8) is 0 Å². The third kappa shape index (κ3) is 8.23. The predicted molar refractivity (Wildman–Crippen MR) is 263 cm³/mol. The van der Waals surface area contributed by atoms with E-state index in [0.717, 1.165) is 55.7 Å². The zero-order valence-electron chi connectivity index (χ0n) is 41.4. The number of hydrogen-bond donors (Lipinski definition) is 1. The number of rotatable bonds is 6. The second-order valence-corrected chi connectivity index (χ2v) is 20.8. The lowest BCUT2D eigenvalue weighted by molar-refractivity contribution is 0.446. The molecule has 0 aliphatic rings. The van der Waals surface area contributed by atoms with Gasteiger partial charge in [-0.05, 0) is 109 Å². The topological polar surface area (TPSA) is 50.9 Å². The summed E-state index contributed by atoms with van der Waals surface area (Å²) in [6.45, 7) is 25.4. The summed E-state index contributed by atoms with van der Waals surface area (Å²) >= 11 is 0. The van der Waals surface area contributed by atoms with Crippen LogP contribution < -0.4 is 0 Å². The number of aromatic hydroxyl groups is 1. The van der Waals surface area contributed by atoms with Gasteiger partial charge in [0.15, 0.2) is 0 Å². The number of fused-ring (bicyclic) bond motifs is 1. The van der Waals surface area contributed by atoms with Crippen LogP contribution in [-0.4, -0.2) is 19.6 Å².